The first-order chi connectivity index (χ1) is 10.2. The van der Waals surface area contributed by atoms with Gasteiger partial charge in [-0.1, -0.05) is 6.07 Å². The van der Waals surface area contributed by atoms with Crippen molar-refractivity contribution in [3.8, 4) is 0 Å². The van der Waals surface area contributed by atoms with Crippen LogP contribution in [0.4, 0.5) is 10.7 Å². The summed E-state index contributed by atoms with van der Waals surface area (Å²) in [6.07, 6.45) is 5.04. The highest BCUT2D eigenvalue weighted by Crippen LogP contribution is 2.45. The predicted octanol–water partition coefficient (Wildman–Crippen LogP) is 4.36. The summed E-state index contributed by atoms with van der Waals surface area (Å²) in [4.78, 5) is 15.4. The molecule has 0 atom stereocenters. The Hall–Kier alpha value is -0.980. The van der Waals surface area contributed by atoms with E-state index in [2.05, 4.69) is 22.8 Å². The van der Waals surface area contributed by atoms with Gasteiger partial charge in [-0.2, -0.15) is 0 Å². The molecule has 3 rings (SSSR count). The Kier molecular flexibility index (Phi) is 4.57. The van der Waals surface area contributed by atoms with E-state index in [0.717, 1.165) is 40.6 Å². The second kappa shape index (κ2) is 6.42. The third kappa shape index (κ3) is 3.27. The number of anilines is 2. The lowest BCUT2D eigenvalue weighted by Gasteiger charge is -2.05. The third-order valence-electron chi connectivity index (χ3n) is 3.51. The summed E-state index contributed by atoms with van der Waals surface area (Å²) in [5, 5.41) is 6.59. The Labute approximate surface area is 136 Å². The van der Waals surface area contributed by atoms with Crippen LogP contribution >= 0.6 is 34.4 Å². The van der Waals surface area contributed by atoms with Crippen LogP contribution < -0.4 is 11.1 Å². The van der Waals surface area contributed by atoms with Gasteiger partial charge in [0.1, 0.15) is 5.00 Å². The van der Waals surface area contributed by atoms with E-state index in [1.165, 1.54) is 16.2 Å². The third-order valence-corrected chi connectivity index (χ3v) is 6.59. The average Bonchev–Trinajstić information content (AvgIpc) is 3.11. The van der Waals surface area contributed by atoms with E-state index in [0.29, 0.717) is 5.69 Å². The minimum atomic E-state index is 0.222. The van der Waals surface area contributed by atoms with Crippen molar-refractivity contribution in [1.29, 1.82) is 0 Å². The molecule has 0 bridgehead atoms. The summed E-state index contributed by atoms with van der Waals surface area (Å²) < 4.78 is 0. The SMILES string of the molecule is CSc1c(NCCc2cccs2)sc(C(=O)C2CC2)c1N. The van der Waals surface area contributed by atoms with Crippen molar-refractivity contribution in [3.05, 3.63) is 27.3 Å². The Balaban J connectivity index is 1.71. The fourth-order valence-corrected chi connectivity index (χ4v) is 5.00. The Morgan fingerprint density at radius 3 is 2.95 bits per heavy atom. The number of nitrogens with two attached hydrogens (primary N) is 1. The zero-order valence-corrected chi connectivity index (χ0v) is 14.3. The van der Waals surface area contributed by atoms with E-state index < -0.39 is 0 Å². The number of Topliss-reactive ketones (excluding diaryl/α,β-unsaturated/α-hetero) is 1. The fourth-order valence-electron chi connectivity index (χ4n) is 2.22. The van der Waals surface area contributed by atoms with Gasteiger partial charge in [0, 0.05) is 17.3 Å². The van der Waals surface area contributed by atoms with Gasteiger partial charge < -0.3 is 11.1 Å². The predicted molar refractivity (Wildman–Crippen MR) is 94.1 cm³/mol. The topological polar surface area (TPSA) is 55.1 Å². The van der Waals surface area contributed by atoms with Crippen molar-refractivity contribution in [2.75, 3.05) is 23.9 Å². The van der Waals surface area contributed by atoms with Gasteiger partial charge in [-0.15, -0.1) is 34.4 Å². The molecule has 0 unspecified atom stereocenters. The molecule has 6 heteroatoms. The number of thioether (sulfide) groups is 1. The molecule has 0 aromatic carbocycles. The summed E-state index contributed by atoms with van der Waals surface area (Å²) in [6, 6.07) is 4.22. The second-order valence-corrected chi connectivity index (χ2v) is 7.97. The number of hydrogen-bond acceptors (Lipinski definition) is 6. The quantitative estimate of drug-likeness (QED) is 0.582. The molecular weight excluding hydrogens is 320 g/mol. The highest BCUT2D eigenvalue weighted by molar-refractivity contribution is 7.99. The molecule has 1 aliphatic rings. The summed E-state index contributed by atoms with van der Waals surface area (Å²) in [7, 11) is 0. The van der Waals surface area contributed by atoms with Crippen molar-refractivity contribution < 1.29 is 4.79 Å². The molecule has 0 aliphatic heterocycles. The Morgan fingerprint density at radius 2 is 2.33 bits per heavy atom. The van der Waals surface area contributed by atoms with Crippen LogP contribution in [0.2, 0.25) is 0 Å². The molecule has 1 saturated carbocycles. The Bertz CT molecular complexity index is 630. The highest BCUT2D eigenvalue weighted by atomic mass is 32.2. The van der Waals surface area contributed by atoms with Crippen LogP contribution in [0, 0.1) is 5.92 Å². The van der Waals surface area contributed by atoms with Crippen LogP contribution in [0.1, 0.15) is 27.4 Å². The van der Waals surface area contributed by atoms with Gasteiger partial charge in [-0.05, 0) is 37.0 Å². The number of nitrogen functional groups attached to an aromatic ring is 1. The van der Waals surface area contributed by atoms with Crippen LogP contribution in [0.25, 0.3) is 0 Å². The molecule has 1 aliphatic carbocycles. The van der Waals surface area contributed by atoms with Gasteiger partial charge in [-0.3, -0.25) is 4.79 Å². The zero-order valence-electron chi connectivity index (χ0n) is 11.8. The van der Waals surface area contributed by atoms with Crippen LogP contribution in [-0.4, -0.2) is 18.6 Å². The van der Waals surface area contributed by atoms with Gasteiger partial charge in [-0.25, -0.2) is 0 Å². The van der Waals surface area contributed by atoms with Crippen LogP contribution in [-0.2, 0) is 6.42 Å². The molecule has 2 aromatic heterocycles. The van der Waals surface area contributed by atoms with Gasteiger partial charge >= 0.3 is 0 Å². The van der Waals surface area contributed by atoms with Crippen molar-refractivity contribution in [1.82, 2.24) is 0 Å². The molecular formula is C15H18N2OS3. The minimum absolute atomic E-state index is 0.222. The van der Waals surface area contributed by atoms with E-state index in [1.54, 1.807) is 23.1 Å². The first-order valence-electron chi connectivity index (χ1n) is 6.97. The van der Waals surface area contributed by atoms with Gasteiger partial charge in [0.25, 0.3) is 0 Å². The largest absolute Gasteiger partial charge is 0.396 e. The number of thiophene rings is 2. The van der Waals surface area contributed by atoms with Crippen LogP contribution in [0.15, 0.2) is 22.4 Å². The fraction of sp³-hybridized carbons (Fsp3) is 0.400. The lowest BCUT2D eigenvalue weighted by atomic mass is 10.2. The van der Waals surface area contributed by atoms with Gasteiger partial charge in [0.05, 0.1) is 15.5 Å². The average molecular weight is 339 g/mol. The number of rotatable bonds is 7. The lowest BCUT2D eigenvalue weighted by molar-refractivity contribution is 0.0972. The molecule has 3 nitrogen and oxygen atoms in total. The molecule has 21 heavy (non-hydrogen) atoms. The minimum Gasteiger partial charge on any atom is -0.396 e. The van der Waals surface area contributed by atoms with Gasteiger partial charge in [0.15, 0.2) is 5.78 Å². The maximum absolute atomic E-state index is 12.3. The van der Waals surface area contributed by atoms with E-state index in [-0.39, 0.29) is 11.7 Å². The van der Waals surface area contributed by atoms with Crippen molar-refractivity contribution in [3.63, 3.8) is 0 Å². The summed E-state index contributed by atoms with van der Waals surface area (Å²) >= 11 is 4.91. The molecule has 3 N–H and O–H groups in total. The molecule has 2 aromatic rings. The number of carbonyl (C=O) groups is 1. The number of hydrogen-bond donors (Lipinski definition) is 2. The number of ketones is 1. The number of carbonyl (C=O) groups excluding carboxylic acids is 1. The van der Waals surface area contributed by atoms with E-state index in [9.17, 15) is 4.79 Å². The first kappa shape index (κ1) is 14.9. The normalized spacial score (nSPS) is 14.3. The van der Waals surface area contributed by atoms with Crippen LogP contribution in [0.5, 0.6) is 0 Å². The van der Waals surface area contributed by atoms with Crippen LogP contribution in [0.3, 0.4) is 0 Å². The highest BCUT2D eigenvalue weighted by Gasteiger charge is 2.33. The smallest absolute Gasteiger partial charge is 0.178 e. The molecule has 112 valence electrons. The van der Waals surface area contributed by atoms with Crippen molar-refractivity contribution in [2.24, 2.45) is 5.92 Å². The zero-order chi connectivity index (χ0) is 14.8. The van der Waals surface area contributed by atoms with Gasteiger partial charge in [0.2, 0.25) is 0 Å². The molecule has 0 spiro atoms. The van der Waals surface area contributed by atoms with E-state index >= 15 is 0 Å². The maximum Gasteiger partial charge on any atom is 0.178 e. The van der Waals surface area contributed by atoms with E-state index in [1.807, 2.05) is 6.26 Å². The lowest BCUT2D eigenvalue weighted by Crippen LogP contribution is -2.03. The molecule has 0 radical (unpaired) electrons. The molecule has 0 amide bonds. The first-order valence-corrected chi connectivity index (χ1v) is 9.89. The molecule has 1 fully saturated rings. The maximum atomic E-state index is 12.3. The Morgan fingerprint density at radius 1 is 1.52 bits per heavy atom. The molecule has 2 heterocycles. The standard InChI is InChI=1S/C15H18N2OS3/c1-19-14-11(16)13(12(18)9-4-5-9)21-15(14)17-7-6-10-3-2-8-20-10/h2-3,8-9,17H,4-7,16H2,1H3. The number of nitrogens with one attached hydrogen (secondary N) is 1. The van der Waals surface area contributed by atoms with Crippen molar-refractivity contribution in [2.45, 2.75) is 24.2 Å². The van der Waals surface area contributed by atoms with E-state index in [4.69, 9.17) is 5.73 Å². The second-order valence-electron chi connectivity index (χ2n) is 5.10. The molecule has 0 saturated heterocycles. The monoisotopic (exact) mass is 338 g/mol. The summed E-state index contributed by atoms with van der Waals surface area (Å²) in [5.74, 6) is 0.457. The summed E-state index contributed by atoms with van der Waals surface area (Å²) in [6.45, 7) is 0.866. The van der Waals surface area contributed by atoms with Crippen molar-refractivity contribution >= 4 is 50.9 Å². The summed E-state index contributed by atoms with van der Waals surface area (Å²) in [5.41, 5.74) is 6.85.